The highest BCUT2D eigenvalue weighted by Crippen LogP contribution is 2.25. The third kappa shape index (κ3) is 5.00. The average Bonchev–Trinajstić information content (AvgIpc) is 2.39. The van der Waals surface area contributed by atoms with Gasteiger partial charge in [-0.25, -0.2) is 0 Å². The van der Waals surface area contributed by atoms with Crippen molar-refractivity contribution in [3.8, 4) is 0 Å². The molecule has 0 aliphatic rings. The van der Waals surface area contributed by atoms with Gasteiger partial charge in [0.15, 0.2) is 0 Å². The van der Waals surface area contributed by atoms with Crippen LogP contribution in [-0.4, -0.2) is 24.4 Å². The number of benzene rings is 1. The number of anilines is 1. The Morgan fingerprint density at radius 1 is 1.30 bits per heavy atom. The summed E-state index contributed by atoms with van der Waals surface area (Å²) in [4.78, 5) is 23.4. The zero-order valence-electron chi connectivity index (χ0n) is 11.2. The van der Waals surface area contributed by atoms with Crippen molar-refractivity contribution in [2.24, 2.45) is 11.7 Å². The number of amides is 2. The van der Waals surface area contributed by atoms with Crippen LogP contribution in [0.3, 0.4) is 0 Å². The summed E-state index contributed by atoms with van der Waals surface area (Å²) >= 11 is 11.7. The van der Waals surface area contributed by atoms with Crippen molar-refractivity contribution in [3.05, 3.63) is 28.2 Å². The predicted octanol–water partition coefficient (Wildman–Crippen LogP) is 2.03. The maximum atomic E-state index is 11.7. The topological polar surface area (TPSA) is 84.2 Å². The third-order valence-electron chi connectivity index (χ3n) is 2.83. The van der Waals surface area contributed by atoms with Gasteiger partial charge in [0.2, 0.25) is 11.8 Å². The van der Waals surface area contributed by atoms with E-state index in [0.717, 1.165) is 0 Å². The molecule has 0 aromatic heterocycles. The Labute approximate surface area is 127 Å². The highest BCUT2D eigenvalue weighted by atomic mass is 35.5. The van der Waals surface area contributed by atoms with Crippen LogP contribution >= 0.6 is 23.2 Å². The van der Waals surface area contributed by atoms with Crippen LogP contribution < -0.4 is 16.4 Å². The van der Waals surface area contributed by atoms with Crippen LogP contribution in [0.25, 0.3) is 0 Å². The van der Waals surface area contributed by atoms with E-state index in [2.05, 4.69) is 10.6 Å². The molecule has 0 fully saturated rings. The van der Waals surface area contributed by atoms with Crippen LogP contribution in [-0.2, 0) is 9.59 Å². The van der Waals surface area contributed by atoms with Crippen LogP contribution in [0, 0.1) is 5.92 Å². The lowest BCUT2D eigenvalue weighted by Crippen LogP contribution is -2.41. The van der Waals surface area contributed by atoms with Gasteiger partial charge in [0.25, 0.3) is 0 Å². The molecule has 0 heterocycles. The first-order chi connectivity index (χ1) is 9.31. The molecule has 0 spiro atoms. The molecule has 4 N–H and O–H groups in total. The number of carbonyl (C=O) groups excluding carboxylic acids is 2. The molecule has 0 saturated carbocycles. The van der Waals surface area contributed by atoms with Gasteiger partial charge in [-0.2, -0.15) is 0 Å². The normalized spacial score (nSPS) is 13.4. The molecule has 1 aromatic carbocycles. The lowest BCUT2D eigenvalue weighted by molar-refractivity contribution is -0.127. The van der Waals surface area contributed by atoms with E-state index in [1.54, 1.807) is 26.0 Å². The summed E-state index contributed by atoms with van der Waals surface area (Å²) < 4.78 is 0. The second-order valence-corrected chi connectivity index (χ2v) is 5.38. The Hall–Kier alpha value is -1.30. The van der Waals surface area contributed by atoms with E-state index in [1.807, 2.05) is 0 Å². The maximum Gasteiger partial charge on any atom is 0.243 e. The minimum atomic E-state index is -0.389. The van der Waals surface area contributed by atoms with E-state index in [-0.39, 0.29) is 30.3 Å². The molecule has 2 unspecified atom stereocenters. The fraction of sp³-hybridized carbons (Fsp3) is 0.385. The zero-order chi connectivity index (χ0) is 15.3. The number of nitrogens with two attached hydrogens (primary N) is 1. The van der Waals surface area contributed by atoms with E-state index in [1.165, 1.54) is 6.07 Å². The summed E-state index contributed by atoms with van der Waals surface area (Å²) in [6, 6.07) is 4.45. The van der Waals surface area contributed by atoms with Crippen LogP contribution in [0.4, 0.5) is 5.69 Å². The molecular weight excluding hydrogens is 301 g/mol. The van der Waals surface area contributed by atoms with Crippen LogP contribution in [0.2, 0.25) is 10.0 Å². The number of hydrogen-bond donors (Lipinski definition) is 3. The fourth-order valence-corrected chi connectivity index (χ4v) is 1.69. The Kier molecular flexibility index (Phi) is 6.26. The van der Waals surface area contributed by atoms with E-state index in [0.29, 0.717) is 15.7 Å². The molecule has 1 aromatic rings. The molecule has 0 aliphatic carbocycles. The maximum absolute atomic E-state index is 11.7. The van der Waals surface area contributed by atoms with Gasteiger partial charge in [0.1, 0.15) is 0 Å². The van der Waals surface area contributed by atoms with Crippen LogP contribution in [0.1, 0.15) is 13.8 Å². The number of carbonyl (C=O) groups is 2. The van der Waals surface area contributed by atoms with Gasteiger partial charge >= 0.3 is 0 Å². The molecule has 110 valence electrons. The molecule has 20 heavy (non-hydrogen) atoms. The van der Waals surface area contributed by atoms with Crippen molar-refractivity contribution in [1.29, 1.82) is 0 Å². The number of halogens is 2. The lowest BCUT2D eigenvalue weighted by atomic mass is 10.0. The van der Waals surface area contributed by atoms with Gasteiger partial charge in [0.05, 0.1) is 17.3 Å². The van der Waals surface area contributed by atoms with Crippen molar-refractivity contribution in [1.82, 2.24) is 5.32 Å². The monoisotopic (exact) mass is 317 g/mol. The van der Waals surface area contributed by atoms with E-state index < -0.39 is 0 Å². The summed E-state index contributed by atoms with van der Waals surface area (Å²) in [5, 5.41) is 5.91. The molecule has 2 atom stereocenters. The summed E-state index contributed by atoms with van der Waals surface area (Å²) in [6.45, 7) is 3.28. The Morgan fingerprint density at radius 2 is 1.95 bits per heavy atom. The minimum absolute atomic E-state index is 0.154. The van der Waals surface area contributed by atoms with Crippen molar-refractivity contribution >= 4 is 40.7 Å². The van der Waals surface area contributed by atoms with Gasteiger partial charge < -0.3 is 16.4 Å². The Morgan fingerprint density at radius 3 is 2.55 bits per heavy atom. The molecular formula is C13H17Cl2N3O2. The fourth-order valence-electron chi connectivity index (χ4n) is 1.35. The van der Waals surface area contributed by atoms with Gasteiger partial charge in [-0.15, -0.1) is 0 Å². The van der Waals surface area contributed by atoms with Gasteiger partial charge in [-0.1, -0.05) is 30.1 Å². The second kappa shape index (κ2) is 7.47. The lowest BCUT2D eigenvalue weighted by Gasteiger charge is -2.15. The molecule has 5 nitrogen and oxygen atoms in total. The molecule has 1 rings (SSSR count). The highest BCUT2D eigenvalue weighted by Gasteiger charge is 2.17. The standard InChI is InChI=1S/C13H17Cl2N3O2/c1-7(8(2)16)13(20)17-6-12(19)18-11-5-9(14)3-4-10(11)15/h3-5,7-8H,6,16H2,1-2H3,(H,17,20)(H,18,19). The zero-order valence-corrected chi connectivity index (χ0v) is 12.8. The van der Waals surface area contributed by atoms with Crippen molar-refractivity contribution in [3.63, 3.8) is 0 Å². The third-order valence-corrected chi connectivity index (χ3v) is 3.39. The molecule has 2 amide bonds. The SMILES string of the molecule is CC(N)C(C)C(=O)NCC(=O)Nc1cc(Cl)ccc1Cl. The summed E-state index contributed by atoms with van der Waals surface area (Å²) in [7, 11) is 0. The molecule has 7 heteroatoms. The van der Waals surface area contributed by atoms with Crippen molar-refractivity contribution in [2.45, 2.75) is 19.9 Å². The van der Waals surface area contributed by atoms with E-state index in [9.17, 15) is 9.59 Å². The average molecular weight is 318 g/mol. The predicted molar refractivity (Wildman–Crippen MR) is 80.9 cm³/mol. The van der Waals surface area contributed by atoms with Gasteiger partial charge in [0, 0.05) is 17.0 Å². The van der Waals surface area contributed by atoms with E-state index in [4.69, 9.17) is 28.9 Å². The van der Waals surface area contributed by atoms with Gasteiger partial charge in [-0.05, 0) is 25.1 Å². The smallest absolute Gasteiger partial charge is 0.243 e. The summed E-state index contributed by atoms with van der Waals surface area (Å²) in [5.74, 6) is -1.02. The first-order valence-electron chi connectivity index (χ1n) is 6.09. The molecule has 0 saturated heterocycles. The van der Waals surface area contributed by atoms with E-state index >= 15 is 0 Å². The number of hydrogen-bond acceptors (Lipinski definition) is 3. The Balaban J connectivity index is 2.52. The van der Waals surface area contributed by atoms with Crippen molar-refractivity contribution < 1.29 is 9.59 Å². The van der Waals surface area contributed by atoms with Crippen LogP contribution in [0.5, 0.6) is 0 Å². The molecule has 0 bridgehead atoms. The molecule has 0 aliphatic heterocycles. The number of rotatable bonds is 5. The summed E-state index contributed by atoms with van der Waals surface area (Å²) in [5.41, 5.74) is 6.01. The summed E-state index contributed by atoms with van der Waals surface area (Å²) in [6.07, 6.45) is 0. The van der Waals surface area contributed by atoms with Crippen LogP contribution in [0.15, 0.2) is 18.2 Å². The minimum Gasteiger partial charge on any atom is -0.347 e. The quantitative estimate of drug-likeness (QED) is 0.777. The largest absolute Gasteiger partial charge is 0.347 e. The van der Waals surface area contributed by atoms with Crippen molar-refractivity contribution in [2.75, 3.05) is 11.9 Å². The highest BCUT2D eigenvalue weighted by molar-refractivity contribution is 6.35. The van der Waals surface area contributed by atoms with Gasteiger partial charge in [-0.3, -0.25) is 9.59 Å². The first-order valence-corrected chi connectivity index (χ1v) is 6.85. The molecule has 0 radical (unpaired) electrons. The first kappa shape index (κ1) is 16.8. The second-order valence-electron chi connectivity index (χ2n) is 4.54. The number of nitrogens with one attached hydrogen (secondary N) is 2. The Bertz CT molecular complexity index is 506.